The topological polar surface area (TPSA) is 84.1 Å². The second kappa shape index (κ2) is 8.27. The largest absolute Gasteiger partial charge is 0.469 e. The summed E-state index contributed by atoms with van der Waals surface area (Å²) in [5.74, 6) is -0.183. The van der Waals surface area contributed by atoms with Crippen LogP contribution >= 0.6 is 0 Å². The van der Waals surface area contributed by atoms with E-state index in [2.05, 4.69) is 20.3 Å². The summed E-state index contributed by atoms with van der Waals surface area (Å²) in [6, 6.07) is 0. The third kappa shape index (κ3) is 6.03. The summed E-state index contributed by atoms with van der Waals surface area (Å²) in [4.78, 5) is 22.3. The number of hydrogen-bond donors (Lipinski definition) is 2. The molecule has 0 saturated carbocycles. The van der Waals surface area contributed by atoms with Gasteiger partial charge in [-0.1, -0.05) is 12.8 Å². The molecule has 1 aromatic heterocycles. The number of hydrogen-bond acceptors (Lipinski definition) is 4. The van der Waals surface area contributed by atoms with E-state index in [9.17, 15) is 9.59 Å². The van der Waals surface area contributed by atoms with Gasteiger partial charge in [0.05, 0.1) is 19.0 Å². The summed E-state index contributed by atoms with van der Waals surface area (Å²) in [5.41, 5.74) is 0.686. The van der Waals surface area contributed by atoms with Crippen molar-refractivity contribution in [1.29, 1.82) is 0 Å². The first-order chi connectivity index (χ1) is 8.72. The predicted molar refractivity (Wildman–Crippen MR) is 66.9 cm³/mol. The van der Waals surface area contributed by atoms with E-state index < -0.39 is 0 Å². The van der Waals surface area contributed by atoms with Crippen molar-refractivity contribution in [3.05, 3.63) is 12.4 Å². The maximum Gasteiger partial charge on any atom is 0.305 e. The van der Waals surface area contributed by atoms with Gasteiger partial charge in [-0.05, 0) is 12.8 Å². The van der Waals surface area contributed by atoms with Crippen LogP contribution in [-0.4, -0.2) is 29.2 Å². The Morgan fingerprint density at radius 1 is 1.28 bits per heavy atom. The quantitative estimate of drug-likeness (QED) is 0.547. The number of carbonyl (C=O) groups excluding carboxylic acids is 2. The number of nitrogens with one attached hydrogen (secondary N) is 2. The summed E-state index contributed by atoms with van der Waals surface area (Å²) in [7, 11) is 1.39. The van der Waals surface area contributed by atoms with Gasteiger partial charge in [0.2, 0.25) is 5.91 Å². The number of aromatic nitrogens is 2. The lowest BCUT2D eigenvalue weighted by Crippen LogP contribution is -2.10. The molecule has 0 saturated heterocycles. The van der Waals surface area contributed by atoms with Gasteiger partial charge in [0.15, 0.2) is 0 Å². The average Bonchev–Trinajstić information content (AvgIpc) is 2.85. The lowest BCUT2D eigenvalue weighted by molar-refractivity contribution is -0.140. The molecule has 0 fully saturated rings. The SMILES string of the molecule is COC(=O)CCCCCCC(=O)Nc1cn[nH]c1. The van der Waals surface area contributed by atoms with Crippen LogP contribution in [0.4, 0.5) is 5.69 Å². The first kappa shape index (κ1) is 14.2. The molecule has 2 N–H and O–H groups in total. The minimum absolute atomic E-state index is 0.00984. The van der Waals surface area contributed by atoms with Crippen molar-refractivity contribution >= 4 is 17.6 Å². The number of carbonyl (C=O) groups is 2. The highest BCUT2D eigenvalue weighted by Crippen LogP contribution is 2.08. The van der Waals surface area contributed by atoms with Crippen LogP contribution in [0.15, 0.2) is 12.4 Å². The number of unbranched alkanes of at least 4 members (excludes halogenated alkanes) is 3. The van der Waals surface area contributed by atoms with E-state index in [1.165, 1.54) is 7.11 Å². The molecule has 6 heteroatoms. The van der Waals surface area contributed by atoms with Crippen molar-refractivity contribution in [2.45, 2.75) is 38.5 Å². The molecule has 0 aliphatic heterocycles. The first-order valence-electron chi connectivity index (χ1n) is 6.08. The molecule has 1 aromatic rings. The molecule has 0 radical (unpaired) electrons. The van der Waals surface area contributed by atoms with Gasteiger partial charge in [0, 0.05) is 19.0 Å². The van der Waals surface area contributed by atoms with Crippen LogP contribution in [-0.2, 0) is 14.3 Å². The molecule has 100 valence electrons. The van der Waals surface area contributed by atoms with Gasteiger partial charge in [-0.15, -0.1) is 0 Å². The number of amides is 1. The van der Waals surface area contributed by atoms with Gasteiger partial charge in [-0.3, -0.25) is 14.7 Å². The van der Waals surface area contributed by atoms with Crippen LogP contribution < -0.4 is 5.32 Å². The Labute approximate surface area is 106 Å². The van der Waals surface area contributed by atoms with E-state index in [0.29, 0.717) is 18.5 Å². The third-order valence-corrected chi connectivity index (χ3v) is 2.54. The smallest absolute Gasteiger partial charge is 0.305 e. The number of ether oxygens (including phenoxy) is 1. The number of esters is 1. The van der Waals surface area contributed by atoms with Gasteiger partial charge in [-0.25, -0.2) is 0 Å². The average molecular weight is 253 g/mol. The highest BCUT2D eigenvalue weighted by molar-refractivity contribution is 5.90. The van der Waals surface area contributed by atoms with Crippen LogP contribution in [0, 0.1) is 0 Å². The highest BCUT2D eigenvalue weighted by atomic mass is 16.5. The maximum absolute atomic E-state index is 11.5. The zero-order valence-electron chi connectivity index (χ0n) is 10.6. The lowest BCUT2D eigenvalue weighted by atomic mass is 10.1. The normalized spacial score (nSPS) is 10.1. The Morgan fingerprint density at radius 3 is 2.61 bits per heavy atom. The highest BCUT2D eigenvalue weighted by Gasteiger charge is 2.03. The predicted octanol–water partition coefficient (Wildman–Crippen LogP) is 1.86. The van der Waals surface area contributed by atoms with Gasteiger partial charge < -0.3 is 10.1 Å². The Kier molecular flexibility index (Phi) is 6.53. The number of rotatable bonds is 8. The lowest BCUT2D eigenvalue weighted by Gasteiger charge is -2.02. The molecule has 0 aliphatic carbocycles. The molecule has 1 rings (SSSR count). The van der Waals surface area contributed by atoms with Crippen molar-refractivity contribution in [2.24, 2.45) is 0 Å². The zero-order chi connectivity index (χ0) is 13.2. The fourth-order valence-corrected chi connectivity index (χ4v) is 1.55. The second-order valence-electron chi connectivity index (χ2n) is 4.03. The number of anilines is 1. The fourth-order valence-electron chi connectivity index (χ4n) is 1.55. The molecule has 0 atom stereocenters. The van der Waals surface area contributed by atoms with Crippen molar-refractivity contribution in [1.82, 2.24) is 10.2 Å². The minimum atomic E-state index is -0.173. The van der Waals surface area contributed by atoms with E-state index >= 15 is 0 Å². The molecule has 0 aromatic carbocycles. The van der Waals surface area contributed by atoms with Crippen molar-refractivity contribution in [3.63, 3.8) is 0 Å². The second-order valence-corrected chi connectivity index (χ2v) is 4.03. The third-order valence-electron chi connectivity index (χ3n) is 2.54. The maximum atomic E-state index is 11.5. The van der Waals surface area contributed by atoms with Crippen molar-refractivity contribution < 1.29 is 14.3 Å². The molecule has 1 amide bonds. The van der Waals surface area contributed by atoms with Crippen molar-refractivity contribution in [2.75, 3.05) is 12.4 Å². The molecule has 0 unspecified atom stereocenters. The van der Waals surface area contributed by atoms with E-state index in [-0.39, 0.29) is 11.9 Å². The van der Waals surface area contributed by atoms with Gasteiger partial charge in [0.1, 0.15) is 0 Å². The van der Waals surface area contributed by atoms with E-state index in [0.717, 1.165) is 25.7 Å². The zero-order valence-corrected chi connectivity index (χ0v) is 10.6. The Morgan fingerprint density at radius 2 is 2.00 bits per heavy atom. The number of H-pyrrole nitrogens is 1. The summed E-state index contributed by atoms with van der Waals surface area (Å²) >= 11 is 0. The number of aromatic amines is 1. The van der Waals surface area contributed by atoms with E-state index in [1.807, 2.05) is 0 Å². The minimum Gasteiger partial charge on any atom is -0.469 e. The molecular weight excluding hydrogens is 234 g/mol. The summed E-state index contributed by atoms with van der Waals surface area (Å²) < 4.78 is 4.54. The molecule has 1 heterocycles. The number of nitrogens with zero attached hydrogens (tertiary/aromatic N) is 1. The Bertz CT molecular complexity index is 363. The molecule has 0 bridgehead atoms. The Hall–Kier alpha value is -1.85. The molecule has 0 spiro atoms. The van der Waals surface area contributed by atoms with Gasteiger partial charge in [-0.2, -0.15) is 5.10 Å². The fraction of sp³-hybridized carbons (Fsp3) is 0.583. The summed E-state index contributed by atoms with van der Waals surface area (Å²) in [5, 5.41) is 9.10. The molecule has 18 heavy (non-hydrogen) atoms. The molecular formula is C12H19N3O3. The van der Waals surface area contributed by atoms with Crippen molar-refractivity contribution in [3.8, 4) is 0 Å². The molecule has 0 aliphatic rings. The van der Waals surface area contributed by atoms with Crippen LogP contribution in [0.3, 0.4) is 0 Å². The van der Waals surface area contributed by atoms with Crippen LogP contribution in [0.5, 0.6) is 0 Å². The Balaban J connectivity index is 1.97. The summed E-state index contributed by atoms with van der Waals surface area (Å²) in [6.07, 6.45) is 7.66. The van der Waals surface area contributed by atoms with Crippen LogP contribution in [0.2, 0.25) is 0 Å². The number of methoxy groups -OCH3 is 1. The standard InChI is InChI=1S/C12H19N3O3/c1-18-12(17)7-5-3-2-4-6-11(16)15-10-8-13-14-9-10/h8-9H,2-7H2,1H3,(H,13,14)(H,15,16). The van der Waals surface area contributed by atoms with Crippen LogP contribution in [0.25, 0.3) is 0 Å². The monoisotopic (exact) mass is 253 g/mol. The summed E-state index contributed by atoms with van der Waals surface area (Å²) in [6.45, 7) is 0. The van der Waals surface area contributed by atoms with Crippen LogP contribution in [0.1, 0.15) is 38.5 Å². The van der Waals surface area contributed by atoms with Gasteiger partial charge in [0.25, 0.3) is 0 Å². The molecule has 6 nitrogen and oxygen atoms in total. The van der Waals surface area contributed by atoms with E-state index in [4.69, 9.17) is 0 Å². The van der Waals surface area contributed by atoms with E-state index in [1.54, 1.807) is 12.4 Å². The first-order valence-corrected chi connectivity index (χ1v) is 6.08. The van der Waals surface area contributed by atoms with Gasteiger partial charge >= 0.3 is 5.97 Å².